The zero-order chi connectivity index (χ0) is 26.7. The van der Waals surface area contributed by atoms with Gasteiger partial charge in [-0.1, -0.05) is 19.9 Å². The van der Waals surface area contributed by atoms with Gasteiger partial charge in [-0.3, -0.25) is 0 Å². The Morgan fingerprint density at radius 3 is 2.50 bits per heavy atom. The lowest BCUT2D eigenvalue weighted by Crippen LogP contribution is -2.43. The Morgan fingerprint density at radius 1 is 1.00 bits per heavy atom. The van der Waals surface area contributed by atoms with Crippen LogP contribution in [0.3, 0.4) is 0 Å². The van der Waals surface area contributed by atoms with Gasteiger partial charge in [-0.15, -0.1) is 0 Å². The van der Waals surface area contributed by atoms with E-state index in [-0.39, 0.29) is 11.9 Å². The highest BCUT2D eigenvalue weighted by Crippen LogP contribution is 2.45. The number of hydrogen-bond donors (Lipinski definition) is 3. The number of nitrogens with zero attached hydrogens (tertiary/aromatic N) is 4. The van der Waals surface area contributed by atoms with Crippen molar-refractivity contribution in [3.8, 4) is 0 Å². The van der Waals surface area contributed by atoms with Crippen LogP contribution in [0.15, 0.2) is 36.5 Å². The van der Waals surface area contributed by atoms with Crippen LogP contribution in [0.1, 0.15) is 50.3 Å². The summed E-state index contributed by atoms with van der Waals surface area (Å²) in [5.74, 6) is 0.851. The first-order chi connectivity index (χ1) is 18.5. The molecule has 3 fully saturated rings. The Balaban J connectivity index is 0.00000144. The van der Waals surface area contributed by atoms with Gasteiger partial charge in [-0.05, 0) is 55.6 Å². The molecule has 1 aromatic heterocycles. The summed E-state index contributed by atoms with van der Waals surface area (Å²) in [5, 5.41) is 10.7. The third-order valence-corrected chi connectivity index (χ3v) is 8.39. The predicted octanol–water partition coefficient (Wildman–Crippen LogP) is 4.31. The number of aromatic nitrogens is 1. The maximum absolute atomic E-state index is 15.1. The van der Waals surface area contributed by atoms with E-state index in [4.69, 9.17) is 4.98 Å². The molecule has 3 saturated heterocycles. The molecule has 7 nitrogen and oxygen atoms in total. The summed E-state index contributed by atoms with van der Waals surface area (Å²) in [6, 6.07) is 7.99. The molecule has 2 atom stereocenters. The summed E-state index contributed by atoms with van der Waals surface area (Å²) in [6.07, 6.45) is 7.97. The maximum atomic E-state index is 15.1. The van der Waals surface area contributed by atoms with E-state index in [1.54, 1.807) is 6.07 Å². The molecule has 3 N–H and O–H groups in total. The van der Waals surface area contributed by atoms with Gasteiger partial charge in [0.05, 0.1) is 11.7 Å². The molecule has 8 heteroatoms. The molecule has 0 bridgehead atoms. The molecular weight excluding hydrogens is 477 g/mol. The lowest BCUT2D eigenvalue weighted by molar-refractivity contribution is 0.221. The standard InChI is InChI=1S/C28H38FN7.C2H6/c1-34(2)26-16-24-21(14-22(26)29)25(36-11-7-28(19-36)6-3-8-31-18-28)15-23(33-24)20-4-5-27(32-17-20)35-12-9-30-10-13-35;1-2/h4-5,14-17,23,30-31,33H,3,6-13,18-19H2,1-2H3;1-2H3. The highest BCUT2D eigenvalue weighted by molar-refractivity contribution is 5.82. The Kier molecular flexibility index (Phi) is 8.09. The molecule has 2 aromatic rings. The summed E-state index contributed by atoms with van der Waals surface area (Å²) in [6.45, 7) is 12.2. The molecular formula is C30H44FN7. The van der Waals surface area contributed by atoms with Crippen LogP contribution in [-0.4, -0.2) is 76.3 Å². The van der Waals surface area contributed by atoms with Crippen LogP contribution in [0, 0.1) is 11.2 Å². The smallest absolute Gasteiger partial charge is 0.147 e. The van der Waals surface area contributed by atoms with E-state index in [9.17, 15) is 0 Å². The van der Waals surface area contributed by atoms with Crippen molar-refractivity contribution in [2.24, 2.45) is 5.41 Å². The monoisotopic (exact) mass is 521 g/mol. The quantitative estimate of drug-likeness (QED) is 0.555. The number of hydrogen-bond acceptors (Lipinski definition) is 7. The third-order valence-electron chi connectivity index (χ3n) is 8.39. The van der Waals surface area contributed by atoms with Crippen molar-refractivity contribution in [3.63, 3.8) is 0 Å². The van der Waals surface area contributed by atoms with E-state index in [0.717, 1.165) is 80.7 Å². The highest BCUT2D eigenvalue weighted by atomic mass is 19.1. The summed E-state index contributed by atoms with van der Waals surface area (Å²) < 4.78 is 15.1. The van der Waals surface area contributed by atoms with Crippen LogP contribution >= 0.6 is 0 Å². The molecule has 5 heterocycles. The predicted molar refractivity (Wildman–Crippen MR) is 156 cm³/mol. The molecule has 2 unspecified atom stereocenters. The molecule has 4 aliphatic heterocycles. The fourth-order valence-corrected chi connectivity index (χ4v) is 6.33. The molecule has 0 amide bonds. The molecule has 0 radical (unpaired) electrons. The number of nitrogens with one attached hydrogen (secondary N) is 3. The first kappa shape index (κ1) is 26.8. The molecule has 1 spiro atoms. The van der Waals surface area contributed by atoms with Gasteiger partial charge in [0.2, 0.25) is 0 Å². The molecule has 38 heavy (non-hydrogen) atoms. The number of piperazine rings is 1. The van der Waals surface area contributed by atoms with Crippen LogP contribution in [0.2, 0.25) is 0 Å². The molecule has 0 aliphatic carbocycles. The highest BCUT2D eigenvalue weighted by Gasteiger charge is 2.41. The third kappa shape index (κ3) is 5.34. The van der Waals surface area contributed by atoms with E-state index in [0.29, 0.717) is 11.1 Å². The van der Waals surface area contributed by atoms with Gasteiger partial charge in [0.15, 0.2) is 0 Å². The SMILES string of the molecule is CC.CN(C)c1cc2c(cc1F)C(N1CCC3(CCCNC3)C1)=CC(c1ccc(N3CCNCC3)nc1)N2. The van der Waals surface area contributed by atoms with Crippen molar-refractivity contribution in [1.82, 2.24) is 20.5 Å². The second kappa shape index (κ2) is 11.5. The first-order valence-corrected chi connectivity index (χ1v) is 14.4. The number of pyridine rings is 1. The first-order valence-electron chi connectivity index (χ1n) is 14.4. The average molecular weight is 522 g/mol. The van der Waals surface area contributed by atoms with Gasteiger partial charge in [-0.25, -0.2) is 9.37 Å². The van der Waals surface area contributed by atoms with Crippen molar-refractivity contribution in [2.75, 3.05) is 81.6 Å². The molecule has 6 rings (SSSR count). The minimum atomic E-state index is -0.180. The Hall–Kier alpha value is -2.84. The largest absolute Gasteiger partial charge is 0.375 e. The van der Waals surface area contributed by atoms with Gasteiger partial charge in [0, 0.05) is 88.5 Å². The minimum absolute atomic E-state index is 0.0152. The van der Waals surface area contributed by atoms with Crippen LogP contribution in [0.4, 0.5) is 21.6 Å². The van der Waals surface area contributed by atoms with Gasteiger partial charge in [-0.2, -0.15) is 0 Å². The number of fused-ring (bicyclic) bond motifs is 1. The number of anilines is 3. The number of rotatable bonds is 4. The number of piperidine rings is 1. The van der Waals surface area contributed by atoms with Crippen molar-refractivity contribution < 1.29 is 4.39 Å². The van der Waals surface area contributed by atoms with Gasteiger partial charge >= 0.3 is 0 Å². The number of likely N-dealkylation sites (tertiary alicyclic amines) is 1. The van der Waals surface area contributed by atoms with Crippen molar-refractivity contribution in [3.05, 3.63) is 53.5 Å². The van der Waals surface area contributed by atoms with E-state index in [2.05, 4.69) is 44.0 Å². The van der Waals surface area contributed by atoms with E-state index in [1.165, 1.54) is 19.3 Å². The number of benzene rings is 1. The summed E-state index contributed by atoms with van der Waals surface area (Å²) in [4.78, 5) is 11.5. The fourth-order valence-electron chi connectivity index (χ4n) is 6.33. The fraction of sp³-hybridized carbons (Fsp3) is 0.567. The zero-order valence-electron chi connectivity index (χ0n) is 23.5. The topological polar surface area (TPSA) is 58.7 Å². The van der Waals surface area contributed by atoms with Gasteiger partial charge in [0.1, 0.15) is 11.6 Å². The number of halogens is 1. The van der Waals surface area contributed by atoms with Crippen molar-refractivity contribution in [2.45, 2.75) is 39.2 Å². The second-order valence-corrected chi connectivity index (χ2v) is 11.1. The van der Waals surface area contributed by atoms with Crippen molar-refractivity contribution >= 4 is 22.9 Å². The van der Waals surface area contributed by atoms with E-state index < -0.39 is 0 Å². The second-order valence-electron chi connectivity index (χ2n) is 11.1. The minimum Gasteiger partial charge on any atom is -0.375 e. The normalized spacial score (nSPS) is 24.8. The van der Waals surface area contributed by atoms with Crippen LogP contribution < -0.4 is 25.8 Å². The van der Waals surface area contributed by atoms with Crippen molar-refractivity contribution in [1.29, 1.82) is 0 Å². The lowest BCUT2D eigenvalue weighted by Gasteiger charge is -2.36. The molecule has 0 saturated carbocycles. The summed E-state index contributed by atoms with van der Waals surface area (Å²) in [7, 11) is 3.78. The lowest BCUT2D eigenvalue weighted by atomic mass is 9.80. The molecule has 4 aliphatic rings. The van der Waals surface area contributed by atoms with Crippen LogP contribution in [0.5, 0.6) is 0 Å². The Labute approximate surface area is 227 Å². The van der Waals surface area contributed by atoms with E-state index in [1.807, 2.05) is 45.1 Å². The maximum Gasteiger partial charge on any atom is 0.147 e. The zero-order valence-corrected chi connectivity index (χ0v) is 23.5. The average Bonchev–Trinajstić information content (AvgIpc) is 3.36. The van der Waals surface area contributed by atoms with E-state index >= 15 is 4.39 Å². The molecule has 206 valence electrons. The Morgan fingerprint density at radius 2 is 1.82 bits per heavy atom. The van der Waals surface area contributed by atoms with Crippen LogP contribution in [0.25, 0.3) is 5.70 Å². The van der Waals surface area contributed by atoms with Crippen LogP contribution in [-0.2, 0) is 0 Å². The Bertz CT molecular complexity index is 1120. The van der Waals surface area contributed by atoms with Gasteiger partial charge < -0.3 is 30.7 Å². The molecule has 1 aromatic carbocycles. The summed E-state index contributed by atoms with van der Waals surface area (Å²) in [5.41, 5.74) is 5.14. The van der Waals surface area contributed by atoms with Gasteiger partial charge in [0.25, 0.3) is 0 Å². The summed E-state index contributed by atoms with van der Waals surface area (Å²) >= 11 is 0.